The van der Waals surface area contributed by atoms with Crippen LogP contribution in [0.3, 0.4) is 0 Å². The van der Waals surface area contributed by atoms with Crippen molar-refractivity contribution in [3.8, 4) is 0 Å². The molecule has 0 radical (unpaired) electrons. The van der Waals surface area contributed by atoms with E-state index in [0.29, 0.717) is 0 Å². The summed E-state index contributed by atoms with van der Waals surface area (Å²) in [4.78, 5) is 49.0. The average molecular weight is 456 g/mol. The molecular weight excluding hydrogens is 426 g/mol. The van der Waals surface area contributed by atoms with Gasteiger partial charge >= 0.3 is 12.1 Å². The standard InChI is InChI=1S/C21H30ClN3O6/c1-11(2)16(25-20(29)31-21(4,5)6)18(27)23-12(3)17(26)24-14-10-8-9-13(15(14)22)19(28)30-7/h8-12,16H,1-7H3,(H,23,27)(H,24,26)(H,25,29)/t12-,16-/m0/s1. The second-order valence-corrected chi connectivity index (χ2v) is 8.62. The summed E-state index contributed by atoms with van der Waals surface area (Å²) >= 11 is 6.17. The van der Waals surface area contributed by atoms with E-state index in [0.717, 1.165) is 0 Å². The zero-order valence-electron chi connectivity index (χ0n) is 18.8. The van der Waals surface area contributed by atoms with E-state index in [9.17, 15) is 19.2 Å². The zero-order valence-corrected chi connectivity index (χ0v) is 19.5. The van der Waals surface area contributed by atoms with Crippen molar-refractivity contribution in [1.82, 2.24) is 10.6 Å². The number of halogens is 1. The second-order valence-electron chi connectivity index (χ2n) is 8.25. The van der Waals surface area contributed by atoms with Gasteiger partial charge in [-0.15, -0.1) is 0 Å². The molecule has 3 amide bonds. The van der Waals surface area contributed by atoms with E-state index < -0.39 is 41.6 Å². The first-order valence-electron chi connectivity index (χ1n) is 9.74. The van der Waals surface area contributed by atoms with Crippen LogP contribution >= 0.6 is 11.6 Å². The number of amides is 3. The second kappa shape index (κ2) is 11.0. The van der Waals surface area contributed by atoms with Crippen molar-refractivity contribution in [2.45, 2.75) is 59.2 Å². The first-order valence-corrected chi connectivity index (χ1v) is 10.1. The van der Waals surface area contributed by atoms with Gasteiger partial charge in [0.05, 0.1) is 23.4 Å². The van der Waals surface area contributed by atoms with Crippen molar-refractivity contribution in [2.75, 3.05) is 12.4 Å². The maximum atomic E-state index is 12.7. The summed E-state index contributed by atoms with van der Waals surface area (Å²) in [5.74, 6) is -2.00. The molecule has 9 nitrogen and oxygen atoms in total. The summed E-state index contributed by atoms with van der Waals surface area (Å²) in [5, 5.41) is 7.68. The molecule has 1 aromatic rings. The number of nitrogens with one attached hydrogen (secondary N) is 3. The van der Waals surface area contributed by atoms with Crippen LogP contribution in [-0.4, -0.2) is 48.7 Å². The summed E-state index contributed by atoms with van der Waals surface area (Å²) in [6, 6.07) is 2.66. The number of methoxy groups -OCH3 is 1. The molecule has 0 aliphatic rings. The average Bonchev–Trinajstić information content (AvgIpc) is 2.65. The lowest BCUT2D eigenvalue weighted by Gasteiger charge is -2.26. The fourth-order valence-corrected chi connectivity index (χ4v) is 2.73. The monoisotopic (exact) mass is 455 g/mol. The molecule has 0 fully saturated rings. The first-order chi connectivity index (χ1) is 14.3. The van der Waals surface area contributed by atoms with Crippen LogP contribution in [-0.2, 0) is 19.1 Å². The van der Waals surface area contributed by atoms with Gasteiger partial charge in [-0.1, -0.05) is 31.5 Å². The summed E-state index contributed by atoms with van der Waals surface area (Å²) < 4.78 is 9.84. The number of hydrogen-bond acceptors (Lipinski definition) is 6. The Bertz CT molecular complexity index is 835. The molecule has 0 saturated carbocycles. The Kier molecular flexibility index (Phi) is 9.30. The Morgan fingerprint density at radius 3 is 2.13 bits per heavy atom. The van der Waals surface area contributed by atoms with Crippen LogP contribution in [0, 0.1) is 5.92 Å². The van der Waals surface area contributed by atoms with Crippen molar-refractivity contribution >= 4 is 41.2 Å². The normalized spacial score (nSPS) is 13.1. The number of esters is 1. The van der Waals surface area contributed by atoms with Gasteiger partial charge < -0.3 is 25.4 Å². The molecule has 0 unspecified atom stereocenters. The zero-order chi connectivity index (χ0) is 23.9. The van der Waals surface area contributed by atoms with Crippen LogP contribution in [0.2, 0.25) is 5.02 Å². The molecule has 1 aromatic carbocycles. The molecule has 0 heterocycles. The molecule has 0 aromatic heterocycles. The fraction of sp³-hybridized carbons (Fsp3) is 0.524. The minimum Gasteiger partial charge on any atom is -0.465 e. The minimum absolute atomic E-state index is 0.0212. The maximum Gasteiger partial charge on any atom is 0.408 e. The van der Waals surface area contributed by atoms with Crippen LogP contribution in [0.4, 0.5) is 10.5 Å². The molecular formula is C21H30ClN3O6. The van der Waals surface area contributed by atoms with Gasteiger partial charge in [-0.2, -0.15) is 0 Å². The number of hydrogen-bond donors (Lipinski definition) is 3. The van der Waals surface area contributed by atoms with Crippen molar-refractivity contribution < 1.29 is 28.7 Å². The largest absolute Gasteiger partial charge is 0.465 e. The van der Waals surface area contributed by atoms with Gasteiger partial charge in [-0.3, -0.25) is 9.59 Å². The number of alkyl carbamates (subject to hydrolysis) is 1. The van der Waals surface area contributed by atoms with E-state index in [1.165, 1.54) is 32.2 Å². The Hall–Kier alpha value is -2.81. The van der Waals surface area contributed by atoms with E-state index in [-0.39, 0.29) is 22.2 Å². The van der Waals surface area contributed by atoms with Gasteiger partial charge in [0.25, 0.3) is 0 Å². The third-order valence-electron chi connectivity index (χ3n) is 4.04. The predicted molar refractivity (Wildman–Crippen MR) is 117 cm³/mol. The Morgan fingerprint density at radius 1 is 1.00 bits per heavy atom. The van der Waals surface area contributed by atoms with Crippen LogP contribution in [0.15, 0.2) is 18.2 Å². The molecule has 172 valence electrons. The molecule has 10 heteroatoms. The number of anilines is 1. The first kappa shape index (κ1) is 26.2. The molecule has 0 aliphatic carbocycles. The number of rotatable bonds is 7. The van der Waals surface area contributed by atoms with Gasteiger partial charge in [0.2, 0.25) is 11.8 Å². The van der Waals surface area contributed by atoms with E-state index >= 15 is 0 Å². The molecule has 0 spiro atoms. The van der Waals surface area contributed by atoms with Crippen LogP contribution in [0.1, 0.15) is 51.9 Å². The van der Waals surface area contributed by atoms with Crippen molar-refractivity contribution in [3.05, 3.63) is 28.8 Å². The van der Waals surface area contributed by atoms with E-state index in [4.69, 9.17) is 16.3 Å². The summed E-state index contributed by atoms with van der Waals surface area (Å²) in [6.07, 6.45) is -0.732. The van der Waals surface area contributed by atoms with Crippen LogP contribution in [0.25, 0.3) is 0 Å². The van der Waals surface area contributed by atoms with Crippen molar-refractivity contribution in [2.24, 2.45) is 5.92 Å². The Morgan fingerprint density at radius 2 is 1.61 bits per heavy atom. The smallest absolute Gasteiger partial charge is 0.408 e. The minimum atomic E-state index is -0.952. The molecule has 31 heavy (non-hydrogen) atoms. The maximum absolute atomic E-state index is 12.7. The van der Waals surface area contributed by atoms with Gasteiger partial charge in [0, 0.05) is 0 Å². The van der Waals surface area contributed by atoms with Gasteiger partial charge in [-0.05, 0) is 45.7 Å². The van der Waals surface area contributed by atoms with E-state index in [1.807, 2.05) is 0 Å². The number of carbonyl (C=O) groups is 4. The van der Waals surface area contributed by atoms with Gasteiger partial charge in [0.1, 0.15) is 17.7 Å². The van der Waals surface area contributed by atoms with E-state index in [1.54, 1.807) is 34.6 Å². The molecule has 0 saturated heterocycles. The highest BCUT2D eigenvalue weighted by atomic mass is 35.5. The Balaban J connectivity index is 2.83. The van der Waals surface area contributed by atoms with Gasteiger partial charge in [-0.25, -0.2) is 9.59 Å². The molecule has 0 bridgehead atoms. The van der Waals surface area contributed by atoms with Gasteiger partial charge in [0.15, 0.2) is 0 Å². The van der Waals surface area contributed by atoms with E-state index in [2.05, 4.69) is 20.7 Å². The highest BCUT2D eigenvalue weighted by Gasteiger charge is 2.29. The third kappa shape index (κ3) is 8.09. The topological polar surface area (TPSA) is 123 Å². The van der Waals surface area contributed by atoms with Crippen LogP contribution < -0.4 is 16.0 Å². The highest BCUT2D eigenvalue weighted by molar-refractivity contribution is 6.36. The number of ether oxygens (including phenoxy) is 2. The predicted octanol–water partition coefficient (Wildman–Crippen LogP) is 3.12. The third-order valence-corrected chi connectivity index (χ3v) is 4.44. The molecule has 3 N–H and O–H groups in total. The van der Waals surface area contributed by atoms with Crippen molar-refractivity contribution in [1.29, 1.82) is 0 Å². The van der Waals surface area contributed by atoms with Crippen molar-refractivity contribution in [3.63, 3.8) is 0 Å². The van der Waals surface area contributed by atoms with Crippen LogP contribution in [0.5, 0.6) is 0 Å². The molecule has 0 aliphatic heterocycles. The number of carbonyl (C=O) groups excluding carboxylic acids is 4. The summed E-state index contributed by atoms with van der Waals surface area (Å²) in [5.41, 5.74) is -0.421. The lowest BCUT2D eigenvalue weighted by molar-refractivity contribution is -0.128. The fourth-order valence-electron chi connectivity index (χ4n) is 2.48. The quantitative estimate of drug-likeness (QED) is 0.543. The highest BCUT2D eigenvalue weighted by Crippen LogP contribution is 2.26. The Labute approximate surface area is 187 Å². The SMILES string of the molecule is COC(=O)c1cccc(NC(=O)[C@H](C)NC(=O)[C@@H](NC(=O)OC(C)(C)C)C(C)C)c1Cl. The summed E-state index contributed by atoms with van der Waals surface area (Å²) in [6.45, 7) is 10.1. The molecule has 1 rings (SSSR count). The lowest BCUT2D eigenvalue weighted by Crippen LogP contribution is -2.54. The summed E-state index contributed by atoms with van der Waals surface area (Å²) in [7, 11) is 1.22. The molecule has 2 atom stereocenters. The lowest BCUT2D eigenvalue weighted by atomic mass is 10.0. The number of benzene rings is 1.